The third-order valence-corrected chi connectivity index (χ3v) is 3.92. The van der Waals surface area contributed by atoms with Crippen molar-refractivity contribution in [2.45, 2.75) is 66.2 Å². The molecule has 16 heavy (non-hydrogen) atoms. The molecule has 0 aromatic carbocycles. The lowest BCUT2D eigenvalue weighted by Gasteiger charge is -2.18. The highest BCUT2D eigenvalue weighted by Gasteiger charge is 2.27. The van der Waals surface area contributed by atoms with Crippen molar-refractivity contribution in [3.8, 4) is 0 Å². The van der Waals surface area contributed by atoms with Gasteiger partial charge in [-0.3, -0.25) is 0 Å². The van der Waals surface area contributed by atoms with E-state index >= 15 is 0 Å². The van der Waals surface area contributed by atoms with Gasteiger partial charge in [0.05, 0.1) is 19.3 Å². The molecule has 90 valence electrons. The van der Waals surface area contributed by atoms with Gasteiger partial charge in [0, 0.05) is 12.8 Å². The summed E-state index contributed by atoms with van der Waals surface area (Å²) in [5, 5.41) is 0. The van der Waals surface area contributed by atoms with E-state index in [0.29, 0.717) is 0 Å². The highest BCUT2D eigenvalue weighted by Crippen LogP contribution is 2.32. The van der Waals surface area contributed by atoms with Crippen LogP contribution < -0.4 is 0 Å². The summed E-state index contributed by atoms with van der Waals surface area (Å²) in [7, 11) is 0. The van der Waals surface area contributed by atoms with Gasteiger partial charge in [-0.25, -0.2) is 0 Å². The van der Waals surface area contributed by atoms with E-state index in [0.717, 1.165) is 5.92 Å². The molecule has 0 radical (unpaired) electrons. The summed E-state index contributed by atoms with van der Waals surface area (Å²) in [6.07, 6.45) is 12.5. The Morgan fingerprint density at radius 2 is 2.31 bits per heavy atom. The molecule has 0 amide bonds. The fourth-order valence-corrected chi connectivity index (χ4v) is 2.31. The van der Waals surface area contributed by atoms with Crippen LogP contribution in [0.4, 0.5) is 0 Å². The first kappa shape index (κ1) is 13.4. The first-order valence-electron chi connectivity index (χ1n) is 6.77. The number of rotatable bonds is 5. The van der Waals surface area contributed by atoms with Crippen LogP contribution in [-0.2, 0) is 0 Å². The molecule has 0 saturated carbocycles. The summed E-state index contributed by atoms with van der Waals surface area (Å²) in [4.78, 5) is 0. The number of hydrogen-bond donors (Lipinski definition) is 0. The van der Waals surface area contributed by atoms with Gasteiger partial charge >= 0.3 is 0 Å². The summed E-state index contributed by atoms with van der Waals surface area (Å²) in [6.45, 7) is 9.09. The fourth-order valence-electron chi connectivity index (χ4n) is 2.31. The molecule has 0 spiro atoms. The van der Waals surface area contributed by atoms with Crippen molar-refractivity contribution in [2.24, 2.45) is 5.92 Å². The molecule has 1 aliphatic rings. The van der Waals surface area contributed by atoms with Crippen molar-refractivity contribution in [2.75, 3.05) is 0 Å². The van der Waals surface area contributed by atoms with Crippen LogP contribution in [0.1, 0.15) is 66.2 Å². The molecule has 0 bridgehead atoms. The van der Waals surface area contributed by atoms with Gasteiger partial charge in [0.1, 0.15) is 5.92 Å². The number of hydrogen-bond acceptors (Lipinski definition) is 0. The van der Waals surface area contributed by atoms with Crippen molar-refractivity contribution >= 4 is 0 Å². The van der Waals surface area contributed by atoms with Gasteiger partial charge in [-0.15, -0.1) is 0 Å². The molecule has 0 heteroatoms. The van der Waals surface area contributed by atoms with E-state index in [4.69, 9.17) is 0 Å². The molecule has 0 N–H and O–H groups in total. The van der Waals surface area contributed by atoms with Gasteiger partial charge in [-0.2, -0.15) is 0 Å². The molecule has 0 nitrogen and oxygen atoms in total. The lowest BCUT2D eigenvalue weighted by atomic mass is 9.80. The average Bonchev–Trinajstić information content (AvgIpc) is 2.29. The van der Waals surface area contributed by atoms with Crippen molar-refractivity contribution in [3.63, 3.8) is 0 Å². The predicted octanol–water partition coefficient (Wildman–Crippen LogP) is 5.46. The van der Waals surface area contributed by atoms with E-state index < -0.39 is 0 Å². The Morgan fingerprint density at radius 1 is 1.56 bits per heavy atom. The predicted molar refractivity (Wildman–Crippen MR) is 73.3 cm³/mol. The average molecular weight is 219 g/mol. The standard InChI is InChI=1S/C16H27/c1-5-13(2)7-6-8-15(4)16-11-9-14(3)10-12-16/h7,9,16H,5-6,8,10-12H2,1-4H3/q+1/b13-7+. The van der Waals surface area contributed by atoms with Crippen LogP contribution in [0.5, 0.6) is 0 Å². The summed E-state index contributed by atoms with van der Waals surface area (Å²) < 4.78 is 0. The van der Waals surface area contributed by atoms with Gasteiger partial charge < -0.3 is 0 Å². The second kappa shape index (κ2) is 6.83. The molecule has 1 unspecified atom stereocenters. The molecular formula is C16H27+. The minimum absolute atomic E-state index is 0.860. The second-order valence-corrected chi connectivity index (χ2v) is 5.31. The highest BCUT2D eigenvalue weighted by molar-refractivity contribution is 5.09. The van der Waals surface area contributed by atoms with E-state index in [1.807, 2.05) is 0 Å². The van der Waals surface area contributed by atoms with Gasteiger partial charge in [0.15, 0.2) is 0 Å². The van der Waals surface area contributed by atoms with E-state index in [1.54, 1.807) is 11.5 Å². The zero-order valence-electron chi connectivity index (χ0n) is 11.5. The van der Waals surface area contributed by atoms with Crippen LogP contribution in [0.3, 0.4) is 0 Å². The zero-order chi connectivity index (χ0) is 12.0. The summed E-state index contributed by atoms with van der Waals surface area (Å²) in [5.41, 5.74) is 3.12. The van der Waals surface area contributed by atoms with E-state index in [-0.39, 0.29) is 0 Å². The van der Waals surface area contributed by atoms with E-state index in [1.165, 1.54) is 44.1 Å². The Labute approximate surface area is 102 Å². The van der Waals surface area contributed by atoms with Gasteiger partial charge in [0.25, 0.3) is 0 Å². The lowest BCUT2D eigenvalue weighted by Crippen LogP contribution is -2.12. The molecular weight excluding hydrogens is 192 g/mol. The van der Waals surface area contributed by atoms with Crippen molar-refractivity contribution < 1.29 is 0 Å². The lowest BCUT2D eigenvalue weighted by molar-refractivity contribution is 0.463. The van der Waals surface area contributed by atoms with Crippen LogP contribution in [0, 0.1) is 11.8 Å². The number of allylic oxidation sites excluding steroid dienone is 4. The molecule has 0 aromatic heterocycles. The molecule has 0 aliphatic heterocycles. The first-order chi connectivity index (χ1) is 7.63. The van der Waals surface area contributed by atoms with Crippen molar-refractivity contribution in [1.82, 2.24) is 0 Å². The van der Waals surface area contributed by atoms with Gasteiger partial charge in [0.2, 0.25) is 0 Å². The first-order valence-corrected chi connectivity index (χ1v) is 6.77. The maximum atomic E-state index is 2.44. The fraction of sp³-hybridized carbons (Fsp3) is 0.688. The van der Waals surface area contributed by atoms with Crippen LogP contribution >= 0.6 is 0 Å². The van der Waals surface area contributed by atoms with Crippen LogP contribution in [-0.4, -0.2) is 0 Å². The zero-order valence-corrected chi connectivity index (χ0v) is 11.5. The minimum Gasteiger partial charge on any atom is -0.0814 e. The molecule has 0 aromatic rings. The van der Waals surface area contributed by atoms with Crippen molar-refractivity contribution in [3.05, 3.63) is 29.2 Å². The summed E-state index contributed by atoms with van der Waals surface area (Å²) in [5.74, 6) is 2.57. The Kier molecular flexibility index (Phi) is 5.73. The van der Waals surface area contributed by atoms with E-state index in [9.17, 15) is 0 Å². The van der Waals surface area contributed by atoms with Crippen molar-refractivity contribution in [1.29, 1.82) is 0 Å². The largest absolute Gasteiger partial charge is 0.104 e. The molecule has 0 fully saturated rings. The second-order valence-electron chi connectivity index (χ2n) is 5.31. The third kappa shape index (κ3) is 4.47. The Balaban J connectivity index is 2.28. The van der Waals surface area contributed by atoms with Crippen LogP contribution in [0.2, 0.25) is 0 Å². The Morgan fingerprint density at radius 3 is 2.88 bits per heavy atom. The SMILES string of the molecule is CC/C(C)=C/CC[C+](C)C1CC=C(C)CC1. The minimum atomic E-state index is 0.860. The monoisotopic (exact) mass is 219 g/mol. The Hall–Kier alpha value is -0.650. The van der Waals surface area contributed by atoms with Crippen LogP contribution in [0.15, 0.2) is 23.3 Å². The van der Waals surface area contributed by atoms with Gasteiger partial charge in [-0.05, 0) is 33.1 Å². The third-order valence-electron chi connectivity index (χ3n) is 3.92. The molecule has 1 atom stereocenters. The maximum absolute atomic E-state index is 2.44. The topological polar surface area (TPSA) is 0 Å². The van der Waals surface area contributed by atoms with Gasteiger partial charge in [-0.1, -0.05) is 30.2 Å². The van der Waals surface area contributed by atoms with Crippen LogP contribution in [0.25, 0.3) is 0 Å². The summed E-state index contributed by atoms with van der Waals surface area (Å²) in [6, 6.07) is 0. The highest BCUT2D eigenvalue weighted by atomic mass is 14.2. The molecule has 1 aliphatic carbocycles. The normalized spacial score (nSPS) is 21.9. The smallest absolute Gasteiger partial charge is 0.0814 e. The van der Waals surface area contributed by atoms with E-state index in [2.05, 4.69) is 39.8 Å². The molecule has 1 rings (SSSR count). The quantitative estimate of drug-likeness (QED) is 0.425. The molecule has 0 heterocycles. The molecule has 0 saturated heterocycles. The Bertz CT molecular complexity index is 257. The maximum Gasteiger partial charge on any atom is 0.104 e. The summed E-state index contributed by atoms with van der Waals surface area (Å²) >= 11 is 0.